The van der Waals surface area contributed by atoms with Crippen LogP contribution in [0.1, 0.15) is 5.56 Å². The fourth-order valence-electron chi connectivity index (χ4n) is 1.66. The Balaban J connectivity index is 1.87. The van der Waals surface area contributed by atoms with Crippen LogP contribution in [0.4, 0.5) is 5.69 Å². The molecule has 0 atom stereocenters. The Bertz CT molecular complexity index is 777. The zero-order chi connectivity index (χ0) is 17.5. The molecule has 0 radical (unpaired) electrons. The van der Waals surface area contributed by atoms with Gasteiger partial charge in [0.2, 0.25) is 0 Å². The summed E-state index contributed by atoms with van der Waals surface area (Å²) in [4.78, 5) is 21.6. The second-order valence-corrected chi connectivity index (χ2v) is 4.98. The van der Waals surface area contributed by atoms with E-state index in [1.54, 1.807) is 24.3 Å². The molecule has 0 bridgehead atoms. The van der Waals surface area contributed by atoms with Gasteiger partial charge in [-0.1, -0.05) is 11.6 Å². The molecule has 0 heterocycles. The first kappa shape index (κ1) is 17.2. The second-order valence-electron chi connectivity index (χ2n) is 4.54. The first-order valence-corrected chi connectivity index (χ1v) is 7.01. The Morgan fingerprint density at radius 3 is 2.71 bits per heavy atom. The molecule has 2 aromatic carbocycles. The van der Waals surface area contributed by atoms with Crippen LogP contribution in [0.25, 0.3) is 0 Å². The van der Waals surface area contributed by atoms with Gasteiger partial charge in [0.25, 0.3) is 5.91 Å². The summed E-state index contributed by atoms with van der Waals surface area (Å²) < 4.78 is 5.22. The van der Waals surface area contributed by atoms with Crippen molar-refractivity contribution in [3.05, 3.63) is 63.2 Å². The highest BCUT2D eigenvalue weighted by Crippen LogP contribution is 2.25. The lowest BCUT2D eigenvalue weighted by Crippen LogP contribution is -2.24. The van der Waals surface area contributed by atoms with E-state index in [2.05, 4.69) is 10.5 Å². The van der Waals surface area contributed by atoms with Gasteiger partial charge in [-0.3, -0.25) is 14.9 Å². The summed E-state index contributed by atoms with van der Waals surface area (Å²) >= 11 is 5.73. The number of benzene rings is 2. The maximum atomic E-state index is 11.6. The number of hydrogen-bond donors (Lipinski definition) is 2. The van der Waals surface area contributed by atoms with Crippen LogP contribution in [0.5, 0.6) is 11.5 Å². The van der Waals surface area contributed by atoms with Crippen molar-refractivity contribution in [1.82, 2.24) is 5.43 Å². The molecule has 2 N–H and O–H groups in total. The van der Waals surface area contributed by atoms with Crippen molar-refractivity contribution >= 4 is 29.4 Å². The largest absolute Gasteiger partial charge is 0.502 e. The molecule has 0 saturated carbocycles. The third kappa shape index (κ3) is 4.96. The number of nitro groups is 1. The van der Waals surface area contributed by atoms with Crippen LogP contribution in [0.2, 0.25) is 5.02 Å². The smallest absolute Gasteiger partial charge is 0.311 e. The normalized spacial score (nSPS) is 10.5. The Hall–Kier alpha value is -3.13. The highest BCUT2D eigenvalue weighted by Gasteiger charge is 2.12. The number of hydrogen-bond acceptors (Lipinski definition) is 6. The average molecular weight is 350 g/mol. The standard InChI is InChI=1S/C15H12ClN3O5/c16-11-2-4-12(5-3-11)24-9-15(21)18-17-8-10-1-6-14(20)13(7-10)19(22)23/h1-8,20H,9H2,(H,18,21)/b17-8-. The summed E-state index contributed by atoms with van der Waals surface area (Å²) in [6.07, 6.45) is 1.21. The van der Waals surface area contributed by atoms with Gasteiger partial charge in [-0.05, 0) is 36.4 Å². The number of hydrazone groups is 1. The number of rotatable bonds is 6. The molecule has 24 heavy (non-hydrogen) atoms. The molecule has 124 valence electrons. The molecule has 0 aliphatic rings. The number of nitro benzene ring substituents is 1. The molecule has 0 aliphatic carbocycles. The van der Waals surface area contributed by atoms with Crippen LogP contribution in [0, 0.1) is 10.1 Å². The van der Waals surface area contributed by atoms with E-state index < -0.39 is 22.3 Å². The van der Waals surface area contributed by atoms with Gasteiger partial charge >= 0.3 is 5.69 Å². The summed E-state index contributed by atoms with van der Waals surface area (Å²) in [7, 11) is 0. The summed E-state index contributed by atoms with van der Waals surface area (Å²) in [5, 5.41) is 24.3. The highest BCUT2D eigenvalue weighted by atomic mass is 35.5. The fraction of sp³-hybridized carbons (Fsp3) is 0.0667. The number of phenolic OH excluding ortho intramolecular Hbond substituents is 1. The zero-order valence-corrected chi connectivity index (χ0v) is 12.9. The Morgan fingerprint density at radius 1 is 1.33 bits per heavy atom. The van der Waals surface area contributed by atoms with E-state index in [0.717, 1.165) is 6.07 Å². The van der Waals surface area contributed by atoms with Gasteiger partial charge < -0.3 is 9.84 Å². The molecule has 0 saturated heterocycles. The average Bonchev–Trinajstić information content (AvgIpc) is 2.55. The third-order valence-corrected chi connectivity index (χ3v) is 3.03. The molecule has 0 fully saturated rings. The number of nitrogens with zero attached hydrogens (tertiary/aromatic N) is 2. The van der Waals surface area contributed by atoms with E-state index in [0.29, 0.717) is 16.3 Å². The first-order chi connectivity index (χ1) is 11.5. The molecule has 0 aromatic heterocycles. The van der Waals surface area contributed by atoms with Crippen molar-refractivity contribution in [2.45, 2.75) is 0 Å². The van der Waals surface area contributed by atoms with E-state index in [-0.39, 0.29) is 6.61 Å². The number of carbonyl (C=O) groups excluding carboxylic acids is 1. The molecule has 8 nitrogen and oxygen atoms in total. The first-order valence-electron chi connectivity index (χ1n) is 6.63. The Labute approximate surface area is 141 Å². The van der Waals surface area contributed by atoms with E-state index in [4.69, 9.17) is 16.3 Å². The molecular formula is C15H12ClN3O5. The fourth-order valence-corrected chi connectivity index (χ4v) is 1.78. The molecule has 0 unspecified atom stereocenters. The van der Waals surface area contributed by atoms with Gasteiger partial charge in [0.05, 0.1) is 11.1 Å². The van der Waals surface area contributed by atoms with Crippen molar-refractivity contribution in [2.24, 2.45) is 5.10 Å². The quantitative estimate of drug-likeness (QED) is 0.472. The molecule has 2 aromatic rings. The monoisotopic (exact) mass is 349 g/mol. The SMILES string of the molecule is O=C(COc1ccc(Cl)cc1)N/N=C\c1ccc(O)c([N+](=O)[O-])c1. The second kappa shape index (κ2) is 7.93. The summed E-state index contributed by atoms with van der Waals surface area (Å²) in [6, 6.07) is 10.2. The molecule has 0 aliphatic heterocycles. The predicted molar refractivity (Wildman–Crippen MR) is 87.4 cm³/mol. The summed E-state index contributed by atoms with van der Waals surface area (Å²) in [5.74, 6) is -0.472. The van der Waals surface area contributed by atoms with Gasteiger partial charge in [-0.25, -0.2) is 5.43 Å². The summed E-state index contributed by atoms with van der Waals surface area (Å²) in [6.45, 7) is -0.255. The molecule has 9 heteroatoms. The van der Waals surface area contributed by atoms with Crippen molar-refractivity contribution in [3.63, 3.8) is 0 Å². The molecular weight excluding hydrogens is 338 g/mol. The maximum Gasteiger partial charge on any atom is 0.311 e. The van der Waals surface area contributed by atoms with Crippen molar-refractivity contribution in [3.8, 4) is 11.5 Å². The Kier molecular flexibility index (Phi) is 5.69. The van der Waals surface area contributed by atoms with Crippen LogP contribution in [-0.2, 0) is 4.79 Å². The minimum atomic E-state index is -0.717. The number of ether oxygens (including phenoxy) is 1. The van der Waals surface area contributed by atoms with Gasteiger partial charge in [0, 0.05) is 16.7 Å². The number of phenols is 1. The lowest BCUT2D eigenvalue weighted by atomic mass is 10.2. The summed E-state index contributed by atoms with van der Waals surface area (Å²) in [5.41, 5.74) is 2.12. The van der Waals surface area contributed by atoms with Crippen molar-refractivity contribution in [1.29, 1.82) is 0 Å². The Morgan fingerprint density at radius 2 is 2.04 bits per heavy atom. The molecule has 0 spiro atoms. The minimum Gasteiger partial charge on any atom is -0.502 e. The van der Waals surface area contributed by atoms with Gasteiger partial charge in [-0.15, -0.1) is 0 Å². The van der Waals surface area contributed by atoms with E-state index >= 15 is 0 Å². The number of aromatic hydroxyl groups is 1. The molecule has 1 amide bonds. The van der Waals surface area contributed by atoms with Crippen molar-refractivity contribution in [2.75, 3.05) is 6.61 Å². The van der Waals surface area contributed by atoms with Gasteiger partial charge in [0.15, 0.2) is 12.4 Å². The van der Waals surface area contributed by atoms with Crippen molar-refractivity contribution < 1.29 is 19.6 Å². The van der Waals surface area contributed by atoms with Gasteiger partial charge in [0.1, 0.15) is 5.75 Å². The van der Waals surface area contributed by atoms with Crippen LogP contribution >= 0.6 is 11.6 Å². The van der Waals surface area contributed by atoms with Crippen LogP contribution < -0.4 is 10.2 Å². The highest BCUT2D eigenvalue weighted by molar-refractivity contribution is 6.30. The number of nitrogens with one attached hydrogen (secondary N) is 1. The topological polar surface area (TPSA) is 114 Å². The maximum absolute atomic E-state index is 11.6. The van der Waals surface area contributed by atoms with E-state index in [9.17, 15) is 20.0 Å². The lowest BCUT2D eigenvalue weighted by Gasteiger charge is -2.04. The van der Waals surface area contributed by atoms with Gasteiger partial charge in [-0.2, -0.15) is 5.10 Å². The zero-order valence-electron chi connectivity index (χ0n) is 12.2. The van der Waals surface area contributed by atoms with E-state index in [1.165, 1.54) is 18.3 Å². The number of halogens is 1. The number of carbonyl (C=O) groups is 1. The number of amides is 1. The van der Waals surface area contributed by atoms with Crippen LogP contribution in [0.15, 0.2) is 47.6 Å². The van der Waals surface area contributed by atoms with E-state index in [1.807, 2.05) is 0 Å². The third-order valence-electron chi connectivity index (χ3n) is 2.78. The van der Waals surface area contributed by atoms with Crippen LogP contribution in [-0.4, -0.2) is 28.8 Å². The minimum absolute atomic E-state index is 0.255. The van der Waals surface area contributed by atoms with Crippen LogP contribution in [0.3, 0.4) is 0 Å². The molecule has 2 rings (SSSR count). The lowest BCUT2D eigenvalue weighted by molar-refractivity contribution is -0.385. The predicted octanol–water partition coefficient (Wildman–Crippen LogP) is 2.48.